The summed E-state index contributed by atoms with van der Waals surface area (Å²) in [7, 11) is 0. The van der Waals surface area contributed by atoms with Gasteiger partial charge in [-0.1, -0.05) is 44.2 Å². The Balaban J connectivity index is 1.58. The maximum atomic E-state index is 15.2. The van der Waals surface area contributed by atoms with Crippen molar-refractivity contribution in [2.45, 2.75) is 52.1 Å². The van der Waals surface area contributed by atoms with Crippen LogP contribution in [-0.4, -0.2) is 93.1 Å². The van der Waals surface area contributed by atoms with E-state index in [0.717, 1.165) is 40.8 Å². The van der Waals surface area contributed by atoms with Gasteiger partial charge in [0.1, 0.15) is 29.7 Å². The number of alkyl halides is 1. The van der Waals surface area contributed by atoms with Crippen molar-refractivity contribution >= 4 is 23.6 Å². The fraction of sp³-hybridized carbons (Fsp3) is 0.417. The predicted molar refractivity (Wildman–Crippen MR) is 178 cm³/mol. The monoisotopic (exact) mass is 694 g/mol. The van der Waals surface area contributed by atoms with Gasteiger partial charge in [0.15, 0.2) is 0 Å². The number of imide groups is 1. The number of aromatic nitrogens is 2. The summed E-state index contributed by atoms with van der Waals surface area (Å²) in [6.45, 7) is 5.06. The van der Waals surface area contributed by atoms with Crippen molar-refractivity contribution in [2.75, 3.05) is 32.7 Å². The second kappa shape index (κ2) is 15.4. The van der Waals surface area contributed by atoms with Crippen LogP contribution in [0.4, 0.5) is 13.2 Å². The quantitative estimate of drug-likeness (QED) is 0.221. The molecule has 0 aliphatic carbocycles. The third-order valence-corrected chi connectivity index (χ3v) is 9.01. The van der Waals surface area contributed by atoms with Crippen LogP contribution in [0.3, 0.4) is 0 Å². The molecule has 1 aromatic heterocycles. The normalized spacial score (nSPS) is 18.8. The Hall–Kier alpha value is -4.82. The molecule has 0 spiro atoms. The van der Waals surface area contributed by atoms with E-state index in [9.17, 15) is 28.7 Å². The zero-order valence-electron chi connectivity index (χ0n) is 28.1. The lowest BCUT2D eigenvalue weighted by atomic mass is 9.78. The highest BCUT2D eigenvalue weighted by molar-refractivity contribution is 6.12. The van der Waals surface area contributed by atoms with E-state index >= 15 is 8.78 Å². The molecule has 5 rings (SSSR count). The lowest BCUT2D eigenvalue weighted by molar-refractivity contribution is -0.147. The number of carbonyl (C=O) groups excluding carboxylic acids is 4. The number of hydrogen-bond acceptors (Lipinski definition) is 7. The largest absolute Gasteiger partial charge is 0.384 e. The molecule has 2 aliphatic heterocycles. The molecule has 0 radical (unpaired) electrons. The first-order valence-electron chi connectivity index (χ1n) is 16.4. The minimum Gasteiger partial charge on any atom is -0.384 e. The number of amides is 4. The Morgan fingerprint density at radius 2 is 1.80 bits per heavy atom. The van der Waals surface area contributed by atoms with Gasteiger partial charge in [0.25, 0.3) is 17.7 Å². The molecule has 4 amide bonds. The second-order valence-corrected chi connectivity index (χ2v) is 13.4. The molecule has 4 unspecified atom stereocenters. The molecular formula is C36H41F3N6O5. The van der Waals surface area contributed by atoms with Gasteiger partial charge in [-0.2, -0.15) is 0 Å². The number of aliphatic hydroxyl groups excluding tert-OH is 1. The summed E-state index contributed by atoms with van der Waals surface area (Å²) < 4.78 is 46.3. The lowest BCUT2D eigenvalue weighted by Crippen LogP contribution is -2.50. The Bertz CT molecular complexity index is 1740. The average Bonchev–Trinajstić information content (AvgIpc) is 3.76. The van der Waals surface area contributed by atoms with Gasteiger partial charge in [-0.25, -0.2) is 18.2 Å². The van der Waals surface area contributed by atoms with Gasteiger partial charge in [0.05, 0.1) is 11.7 Å². The average molecular weight is 695 g/mol. The number of nitrogens with zero attached hydrogens (tertiary/aromatic N) is 4. The Kier molecular flexibility index (Phi) is 11.2. The first-order valence-corrected chi connectivity index (χ1v) is 16.4. The first-order chi connectivity index (χ1) is 23.7. The number of imidazole rings is 1. The van der Waals surface area contributed by atoms with E-state index in [1.807, 2.05) is 30.3 Å². The van der Waals surface area contributed by atoms with Crippen LogP contribution in [0.1, 0.15) is 44.6 Å². The number of hydrogen-bond donors (Lipinski definition) is 3. The van der Waals surface area contributed by atoms with Crippen LogP contribution in [0.5, 0.6) is 0 Å². The molecule has 4 atom stereocenters. The smallest absolute Gasteiger partial charge is 0.253 e. The van der Waals surface area contributed by atoms with Crippen molar-refractivity contribution in [3.8, 4) is 11.3 Å². The molecule has 2 aliphatic rings. The van der Waals surface area contributed by atoms with Crippen LogP contribution in [0.15, 0.2) is 66.9 Å². The summed E-state index contributed by atoms with van der Waals surface area (Å²) in [6.07, 6.45) is 0.825. The van der Waals surface area contributed by atoms with Gasteiger partial charge in [-0.3, -0.25) is 24.1 Å². The standard InChI is InChI=1S/C36H41F3N6O5/c1-22(46)35(50)45(20-24-17-40-18-28(24)39)33(36(2,3)16-30(47)41-13-14-44-31(48)11-12-32(44)49)34-42-29(26-15-25(37)9-10-27(26)38)21-43(34)19-23-7-5-4-6-8-23/h4-12,15,21-22,24,28,33,40,46H,13-14,16-20H2,1-3H3,(H,41,47). The van der Waals surface area contributed by atoms with Crippen molar-refractivity contribution < 1.29 is 37.5 Å². The van der Waals surface area contributed by atoms with Gasteiger partial charge in [0.2, 0.25) is 5.91 Å². The molecule has 3 N–H and O–H groups in total. The molecule has 1 fully saturated rings. The molecule has 11 nitrogen and oxygen atoms in total. The van der Waals surface area contributed by atoms with Crippen molar-refractivity contribution in [2.24, 2.45) is 11.3 Å². The highest BCUT2D eigenvalue weighted by atomic mass is 19.1. The van der Waals surface area contributed by atoms with Crippen LogP contribution >= 0.6 is 0 Å². The van der Waals surface area contributed by atoms with Gasteiger partial charge in [0, 0.05) is 80.9 Å². The molecule has 266 valence electrons. The molecule has 0 bridgehead atoms. The maximum absolute atomic E-state index is 15.2. The Labute approximate surface area is 288 Å². The molecular weight excluding hydrogens is 653 g/mol. The fourth-order valence-corrected chi connectivity index (χ4v) is 6.52. The summed E-state index contributed by atoms with van der Waals surface area (Å²) in [5.74, 6) is -4.02. The van der Waals surface area contributed by atoms with Crippen molar-refractivity contribution in [1.82, 2.24) is 30.0 Å². The zero-order chi connectivity index (χ0) is 36.2. The van der Waals surface area contributed by atoms with Crippen molar-refractivity contribution in [1.29, 1.82) is 0 Å². The summed E-state index contributed by atoms with van der Waals surface area (Å²) >= 11 is 0. The lowest BCUT2D eigenvalue weighted by Gasteiger charge is -2.43. The SMILES string of the molecule is CC(O)C(=O)N(CC1CNCC1F)C(c1nc(-c2cc(F)ccc2F)cn1Cc1ccccc1)C(C)(C)CC(=O)NCCN1C(=O)C=CC1=O. The van der Waals surface area contributed by atoms with Gasteiger partial charge >= 0.3 is 0 Å². The highest BCUT2D eigenvalue weighted by Crippen LogP contribution is 2.43. The van der Waals surface area contributed by atoms with E-state index in [4.69, 9.17) is 4.98 Å². The van der Waals surface area contributed by atoms with Crippen LogP contribution < -0.4 is 10.6 Å². The third-order valence-electron chi connectivity index (χ3n) is 9.01. The van der Waals surface area contributed by atoms with Gasteiger partial charge in [-0.15, -0.1) is 0 Å². The summed E-state index contributed by atoms with van der Waals surface area (Å²) in [4.78, 5) is 58.5. The van der Waals surface area contributed by atoms with E-state index in [-0.39, 0.29) is 62.8 Å². The van der Waals surface area contributed by atoms with E-state index in [0.29, 0.717) is 0 Å². The maximum Gasteiger partial charge on any atom is 0.253 e. The van der Waals surface area contributed by atoms with E-state index in [1.54, 1.807) is 24.6 Å². The zero-order valence-corrected chi connectivity index (χ0v) is 28.1. The number of carbonyl (C=O) groups is 4. The van der Waals surface area contributed by atoms with Gasteiger partial charge in [-0.05, 0) is 30.7 Å². The van der Waals surface area contributed by atoms with Crippen LogP contribution in [-0.2, 0) is 25.7 Å². The third kappa shape index (κ3) is 8.30. The number of benzene rings is 2. The molecule has 2 aromatic carbocycles. The van der Waals surface area contributed by atoms with Crippen LogP contribution in [0.2, 0.25) is 0 Å². The number of nitrogens with one attached hydrogen (secondary N) is 2. The highest BCUT2D eigenvalue weighted by Gasteiger charge is 2.45. The summed E-state index contributed by atoms with van der Waals surface area (Å²) in [5, 5.41) is 16.3. The van der Waals surface area contributed by atoms with E-state index in [2.05, 4.69) is 10.6 Å². The van der Waals surface area contributed by atoms with Crippen LogP contribution in [0, 0.1) is 23.0 Å². The van der Waals surface area contributed by atoms with Gasteiger partial charge < -0.3 is 25.2 Å². The first kappa shape index (κ1) is 36.5. The molecule has 14 heteroatoms. The van der Waals surface area contributed by atoms with E-state index in [1.165, 1.54) is 11.8 Å². The summed E-state index contributed by atoms with van der Waals surface area (Å²) in [6, 6.07) is 11.1. The molecule has 3 aromatic rings. The molecule has 50 heavy (non-hydrogen) atoms. The number of halogens is 3. The topological polar surface area (TPSA) is 137 Å². The van der Waals surface area contributed by atoms with Crippen molar-refractivity contribution in [3.63, 3.8) is 0 Å². The fourth-order valence-electron chi connectivity index (χ4n) is 6.52. The Morgan fingerprint density at radius 1 is 1.10 bits per heavy atom. The second-order valence-electron chi connectivity index (χ2n) is 13.4. The van der Waals surface area contributed by atoms with E-state index < -0.39 is 64.9 Å². The molecule has 0 saturated carbocycles. The molecule has 1 saturated heterocycles. The Morgan fingerprint density at radius 3 is 2.44 bits per heavy atom. The van der Waals surface area contributed by atoms with Crippen molar-refractivity contribution in [3.05, 3.63) is 89.9 Å². The number of rotatable bonds is 14. The predicted octanol–water partition coefficient (Wildman–Crippen LogP) is 3.14. The minimum atomic E-state index is -1.50. The minimum absolute atomic E-state index is 0.0298. The number of aliphatic hydroxyl groups is 1. The summed E-state index contributed by atoms with van der Waals surface area (Å²) in [5.41, 5.74) is -0.401. The molecule has 3 heterocycles. The van der Waals surface area contributed by atoms with Crippen LogP contribution in [0.25, 0.3) is 11.3 Å².